The number of aryl methyl sites for hydroxylation is 1. The molecule has 0 aliphatic carbocycles. The van der Waals surface area contributed by atoms with Gasteiger partial charge in [-0.3, -0.25) is 0 Å². The summed E-state index contributed by atoms with van der Waals surface area (Å²) in [6.07, 6.45) is 1.67. The first-order valence-electron chi connectivity index (χ1n) is 5.62. The molecular weight excluding hydrogens is 306 g/mol. The third-order valence-corrected chi connectivity index (χ3v) is 3.17. The monoisotopic (exact) mass is 317 g/mol. The molecule has 5 nitrogen and oxygen atoms in total. The highest BCUT2D eigenvalue weighted by Gasteiger charge is 2.07. The maximum absolute atomic E-state index is 8.93. The normalized spacial score (nSPS) is 9.79. The van der Waals surface area contributed by atoms with Crippen LogP contribution in [0.25, 0.3) is 0 Å². The molecule has 0 saturated carbocycles. The molecule has 0 radical (unpaired) electrons. The summed E-state index contributed by atoms with van der Waals surface area (Å²) in [5.41, 5.74) is 2.49. The van der Waals surface area contributed by atoms with E-state index in [1.54, 1.807) is 25.4 Å². The smallest absolute Gasteiger partial charge is 0.224 e. The summed E-state index contributed by atoms with van der Waals surface area (Å²) in [6.45, 7) is 1.97. The molecule has 19 heavy (non-hydrogen) atoms. The fourth-order valence-electron chi connectivity index (χ4n) is 1.53. The van der Waals surface area contributed by atoms with Crippen LogP contribution in [0.15, 0.2) is 28.9 Å². The first-order valence-corrected chi connectivity index (χ1v) is 6.41. The zero-order valence-corrected chi connectivity index (χ0v) is 12.1. The highest BCUT2D eigenvalue weighted by molar-refractivity contribution is 9.10. The zero-order chi connectivity index (χ0) is 13.8. The maximum atomic E-state index is 8.93. The number of anilines is 3. The minimum Gasteiger partial charge on any atom is -0.357 e. The third-order valence-electron chi connectivity index (χ3n) is 2.59. The van der Waals surface area contributed by atoms with Crippen molar-refractivity contribution in [1.82, 2.24) is 9.97 Å². The van der Waals surface area contributed by atoms with Crippen LogP contribution in [0, 0.1) is 18.3 Å². The minimum absolute atomic E-state index is 0.528. The van der Waals surface area contributed by atoms with Crippen molar-refractivity contribution in [3.63, 3.8) is 0 Å². The number of nitrogens with zero attached hydrogens (tertiary/aromatic N) is 3. The molecule has 0 bridgehead atoms. The summed E-state index contributed by atoms with van der Waals surface area (Å²) in [5, 5.41) is 15.0. The summed E-state index contributed by atoms with van der Waals surface area (Å²) in [7, 11) is 1.76. The standard InChI is InChI=1S/C13H12BrN5/c1-8-3-4-9(6-15)5-11(8)18-12-10(14)7-17-13(16-2)19-12/h3-5,7H,1-2H3,(H2,16,17,18,19). The van der Waals surface area contributed by atoms with Gasteiger partial charge in [-0.15, -0.1) is 0 Å². The van der Waals surface area contributed by atoms with Crippen molar-refractivity contribution in [2.24, 2.45) is 0 Å². The summed E-state index contributed by atoms with van der Waals surface area (Å²) in [6, 6.07) is 7.60. The van der Waals surface area contributed by atoms with Gasteiger partial charge in [-0.1, -0.05) is 6.07 Å². The molecule has 1 aromatic carbocycles. The molecule has 0 aliphatic rings. The number of halogens is 1. The predicted molar refractivity (Wildman–Crippen MR) is 78.5 cm³/mol. The van der Waals surface area contributed by atoms with E-state index >= 15 is 0 Å². The molecule has 2 aromatic rings. The van der Waals surface area contributed by atoms with Gasteiger partial charge in [0.25, 0.3) is 0 Å². The zero-order valence-electron chi connectivity index (χ0n) is 10.5. The molecular formula is C13H12BrN5. The lowest BCUT2D eigenvalue weighted by Gasteiger charge is -2.11. The van der Waals surface area contributed by atoms with Gasteiger partial charge in [-0.25, -0.2) is 4.98 Å². The Morgan fingerprint density at radius 2 is 2.16 bits per heavy atom. The first-order chi connectivity index (χ1) is 9.13. The lowest BCUT2D eigenvalue weighted by Crippen LogP contribution is -2.02. The van der Waals surface area contributed by atoms with Gasteiger partial charge in [-0.2, -0.15) is 10.2 Å². The van der Waals surface area contributed by atoms with Crippen LogP contribution in [0.3, 0.4) is 0 Å². The van der Waals surface area contributed by atoms with E-state index in [-0.39, 0.29) is 0 Å². The highest BCUT2D eigenvalue weighted by atomic mass is 79.9. The average molecular weight is 318 g/mol. The van der Waals surface area contributed by atoms with Crippen LogP contribution < -0.4 is 10.6 Å². The maximum Gasteiger partial charge on any atom is 0.224 e. The second kappa shape index (κ2) is 5.67. The summed E-state index contributed by atoms with van der Waals surface area (Å²) in [4.78, 5) is 8.41. The van der Waals surface area contributed by atoms with Crippen molar-refractivity contribution in [3.8, 4) is 6.07 Å². The first kappa shape index (κ1) is 13.3. The van der Waals surface area contributed by atoms with E-state index in [1.165, 1.54) is 0 Å². The Balaban J connectivity index is 2.38. The third kappa shape index (κ3) is 3.01. The summed E-state index contributed by atoms with van der Waals surface area (Å²) in [5.74, 6) is 1.18. The van der Waals surface area contributed by atoms with Crippen molar-refractivity contribution in [2.75, 3.05) is 17.7 Å². The number of benzene rings is 1. The van der Waals surface area contributed by atoms with Crippen molar-refractivity contribution >= 4 is 33.4 Å². The number of aromatic nitrogens is 2. The number of rotatable bonds is 3. The fourth-order valence-corrected chi connectivity index (χ4v) is 1.82. The SMILES string of the molecule is CNc1ncc(Br)c(Nc2cc(C#N)ccc2C)n1. The van der Waals surface area contributed by atoms with Crippen LogP contribution in [0.4, 0.5) is 17.5 Å². The van der Waals surface area contributed by atoms with Crippen LogP contribution in [0.2, 0.25) is 0 Å². The molecule has 6 heteroatoms. The van der Waals surface area contributed by atoms with Crippen molar-refractivity contribution in [1.29, 1.82) is 5.26 Å². The minimum atomic E-state index is 0.528. The molecule has 0 atom stereocenters. The lowest BCUT2D eigenvalue weighted by atomic mass is 10.1. The topological polar surface area (TPSA) is 73.6 Å². The Labute approximate surface area is 119 Å². The molecule has 2 N–H and O–H groups in total. The van der Waals surface area contributed by atoms with Gasteiger partial charge >= 0.3 is 0 Å². The van der Waals surface area contributed by atoms with Crippen LogP contribution >= 0.6 is 15.9 Å². The van der Waals surface area contributed by atoms with Gasteiger partial charge in [-0.05, 0) is 40.5 Å². The number of hydrogen-bond acceptors (Lipinski definition) is 5. The molecule has 0 fully saturated rings. The molecule has 0 spiro atoms. The largest absolute Gasteiger partial charge is 0.357 e. The van der Waals surface area contributed by atoms with Gasteiger partial charge < -0.3 is 10.6 Å². The van der Waals surface area contributed by atoms with E-state index in [0.29, 0.717) is 17.3 Å². The molecule has 0 amide bonds. The molecule has 0 saturated heterocycles. The van der Waals surface area contributed by atoms with Gasteiger partial charge in [0.1, 0.15) is 5.82 Å². The van der Waals surface area contributed by atoms with Crippen molar-refractivity contribution in [3.05, 3.63) is 40.0 Å². The Morgan fingerprint density at radius 3 is 2.84 bits per heavy atom. The van der Waals surface area contributed by atoms with E-state index in [1.807, 2.05) is 13.0 Å². The van der Waals surface area contributed by atoms with Gasteiger partial charge in [0.15, 0.2) is 0 Å². The Kier molecular flexibility index (Phi) is 3.97. The van der Waals surface area contributed by atoms with E-state index in [9.17, 15) is 0 Å². The number of hydrogen-bond donors (Lipinski definition) is 2. The molecule has 1 aromatic heterocycles. The highest BCUT2D eigenvalue weighted by Crippen LogP contribution is 2.26. The fraction of sp³-hybridized carbons (Fsp3) is 0.154. The van der Waals surface area contributed by atoms with E-state index in [2.05, 4.69) is 42.6 Å². The molecule has 1 heterocycles. The summed E-state index contributed by atoms with van der Waals surface area (Å²) >= 11 is 3.40. The van der Waals surface area contributed by atoms with Crippen LogP contribution in [-0.2, 0) is 0 Å². The van der Waals surface area contributed by atoms with Gasteiger partial charge in [0.05, 0.1) is 16.1 Å². The van der Waals surface area contributed by atoms with Gasteiger partial charge in [0.2, 0.25) is 5.95 Å². The lowest BCUT2D eigenvalue weighted by molar-refractivity contribution is 1.14. The average Bonchev–Trinajstić information content (AvgIpc) is 2.43. The van der Waals surface area contributed by atoms with E-state index in [4.69, 9.17) is 5.26 Å². The van der Waals surface area contributed by atoms with E-state index in [0.717, 1.165) is 15.7 Å². The van der Waals surface area contributed by atoms with Crippen molar-refractivity contribution in [2.45, 2.75) is 6.92 Å². The van der Waals surface area contributed by atoms with Crippen LogP contribution in [0.5, 0.6) is 0 Å². The predicted octanol–water partition coefficient (Wildman–Crippen LogP) is 3.20. The van der Waals surface area contributed by atoms with E-state index < -0.39 is 0 Å². The van der Waals surface area contributed by atoms with Crippen LogP contribution in [-0.4, -0.2) is 17.0 Å². The second-order valence-corrected chi connectivity index (χ2v) is 4.76. The van der Waals surface area contributed by atoms with Crippen LogP contribution in [0.1, 0.15) is 11.1 Å². The second-order valence-electron chi connectivity index (χ2n) is 3.91. The quantitative estimate of drug-likeness (QED) is 0.909. The molecule has 96 valence electrons. The Hall–Kier alpha value is -2.13. The Bertz CT molecular complexity index is 648. The van der Waals surface area contributed by atoms with Gasteiger partial charge in [0, 0.05) is 18.9 Å². The van der Waals surface area contributed by atoms with Crippen molar-refractivity contribution < 1.29 is 0 Å². The molecule has 0 unspecified atom stereocenters. The Morgan fingerprint density at radius 1 is 1.37 bits per heavy atom. The number of nitriles is 1. The molecule has 0 aliphatic heterocycles. The summed E-state index contributed by atoms with van der Waals surface area (Å²) < 4.78 is 0.758. The number of nitrogens with one attached hydrogen (secondary N) is 2. The molecule has 2 rings (SSSR count).